The molecule has 1 aromatic heterocycles. The van der Waals surface area contributed by atoms with E-state index in [9.17, 15) is 4.79 Å². The molecule has 23 heavy (non-hydrogen) atoms. The van der Waals surface area contributed by atoms with E-state index in [1.165, 1.54) is 0 Å². The van der Waals surface area contributed by atoms with Crippen molar-refractivity contribution in [1.29, 1.82) is 0 Å². The first-order chi connectivity index (χ1) is 11.1. The van der Waals surface area contributed by atoms with Crippen molar-refractivity contribution in [2.45, 2.75) is 13.3 Å². The van der Waals surface area contributed by atoms with E-state index in [0.29, 0.717) is 12.2 Å². The molecule has 2 aromatic carbocycles. The highest BCUT2D eigenvalue weighted by molar-refractivity contribution is 5.93. The highest BCUT2D eigenvalue weighted by atomic mass is 16.5. The van der Waals surface area contributed by atoms with E-state index in [0.717, 1.165) is 28.1 Å². The normalized spacial score (nSPS) is 10.7. The van der Waals surface area contributed by atoms with Gasteiger partial charge in [-0.05, 0) is 36.8 Å². The van der Waals surface area contributed by atoms with Crippen molar-refractivity contribution in [2.75, 3.05) is 12.4 Å². The monoisotopic (exact) mass is 309 g/mol. The van der Waals surface area contributed by atoms with Crippen LogP contribution in [0.2, 0.25) is 0 Å². The third kappa shape index (κ3) is 3.18. The summed E-state index contributed by atoms with van der Waals surface area (Å²) in [7, 11) is 3.59. The van der Waals surface area contributed by atoms with Crippen LogP contribution in [0.15, 0.2) is 42.5 Å². The number of benzene rings is 2. The van der Waals surface area contributed by atoms with Crippen molar-refractivity contribution in [3.8, 4) is 5.75 Å². The van der Waals surface area contributed by atoms with Gasteiger partial charge in [-0.2, -0.15) is 0 Å². The number of imidazole rings is 1. The molecular weight excluding hydrogens is 290 g/mol. The Bertz CT molecular complexity index is 868. The van der Waals surface area contributed by atoms with Gasteiger partial charge in [0.1, 0.15) is 11.6 Å². The summed E-state index contributed by atoms with van der Waals surface area (Å²) in [4.78, 5) is 16.7. The molecule has 0 aliphatic heterocycles. The van der Waals surface area contributed by atoms with Crippen LogP contribution in [0.3, 0.4) is 0 Å². The number of anilines is 1. The van der Waals surface area contributed by atoms with Crippen molar-refractivity contribution in [3.05, 3.63) is 53.9 Å². The lowest BCUT2D eigenvalue weighted by atomic mass is 10.1. The molecule has 5 nitrogen and oxygen atoms in total. The van der Waals surface area contributed by atoms with E-state index in [1.807, 2.05) is 54.9 Å². The summed E-state index contributed by atoms with van der Waals surface area (Å²) in [6.45, 7) is 1.97. The summed E-state index contributed by atoms with van der Waals surface area (Å²) < 4.78 is 7.19. The lowest BCUT2D eigenvalue weighted by molar-refractivity contribution is -0.115. The first-order valence-corrected chi connectivity index (χ1v) is 7.42. The van der Waals surface area contributed by atoms with Gasteiger partial charge in [-0.3, -0.25) is 4.79 Å². The zero-order chi connectivity index (χ0) is 16.4. The molecule has 5 heteroatoms. The number of aryl methyl sites for hydroxylation is 2. The number of carbonyl (C=O) groups excluding carboxylic acids is 1. The van der Waals surface area contributed by atoms with Crippen molar-refractivity contribution >= 4 is 22.6 Å². The Morgan fingerprint density at radius 1 is 1.26 bits per heavy atom. The molecule has 0 unspecified atom stereocenters. The van der Waals surface area contributed by atoms with Crippen LogP contribution in [0.4, 0.5) is 5.69 Å². The molecule has 0 radical (unpaired) electrons. The third-order valence-corrected chi connectivity index (χ3v) is 3.89. The summed E-state index contributed by atoms with van der Waals surface area (Å²) in [5, 5.41) is 2.89. The number of amides is 1. The summed E-state index contributed by atoms with van der Waals surface area (Å²) in [5.41, 5.74) is 3.65. The molecule has 3 aromatic rings. The van der Waals surface area contributed by atoms with Crippen molar-refractivity contribution in [3.63, 3.8) is 0 Å². The second kappa shape index (κ2) is 6.12. The minimum Gasteiger partial charge on any atom is -0.497 e. The first kappa shape index (κ1) is 15.1. The molecule has 0 saturated carbocycles. The van der Waals surface area contributed by atoms with Gasteiger partial charge in [0.05, 0.1) is 24.6 Å². The fourth-order valence-corrected chi connectivity index (χ4v) is 2.57. The summed E-state index contributed by atoms with van der Waals surface area (Å²) >= 11 is 0. The zero-order valence-corrected chi connectivity index (χ0v) is 13.5. The van der Waals surface area contributed by atoms with Gasteiger partial charge in [0.25, 0.3) is 0 Å². The topological polar surface area (TPSA) is 56.1 Å². The summed E-state index contributed by atoms with van der Waals surface area (Å²) in [6, 6.07) is 13.3. The highest BCUT2D eigenvalue weighted by Gasteiger charge is 2.08. The van der Waals surface area contributed by atoms with E-state index in [-0.39, 0.29) is 5.91 Å². The minimum atomic E-state index is -0.0646. The standard InChI is InChI=1S/C18H19N3O2/c1-12-19-16-9-13(7-8-17(16)21(12)2)10-18(22)20-14-5-4-6-15(11-14)23-3/h4-9,11H,10H2,1-3H3,(H,20,22). The SMILES string of the molecule is COc1cccc(NC(=O)Cc2ccc3c(c2)nc(C)n3C)c1. The molecule has 3 rings (SSSR count). The second-order valence-electron chi connectivity index (χ2n) is 5.50. The number of carbonyl (C=O) groups is 1. The zero-order valence-electron chi connectivity index (χ0n) is 13.5. The van der Waals surface area contributed by atoms with E-state index < -0.39 is 0 Å². The van der Waals surface area contributed by atoms with E-state index in [2.05, 4.69) is 10.3 Å². The van der Waals surface area contributed by atoms with Crippen LogP contribution in [0.25, 0.3) is 11.0 Å². The molecule has 1 heterocycles. The number of hydrogen-bond donors (Lipinski definition) is 1. The highest BCUT2D eigenvalue weighted by Crippen LogP contribution is 2.19. The van der Waals surface area contributed by atoms with Gasteiger partial charge < -0.3 is 14.6 Å². The summed E-state index contributed by atoms with van der Waals surface area (Å²) in [6.07, 6.45) is 0.308. The van der Waals surface area contributed by atoms with Crippen LogP contribution in [0.1, 0.15) is 11.4 Å². The molecule has 0 spiro atoms. The Labute approximate surface area is 134 Å². The average Bonchev–Trinajstić information content (AvgIpc) is 2.81. The molecule has 0 aliphatic carbocycles. The van der Waals surface area contributed by atoms with E-state index in [4.69, 9.17) is 4.74 Å². The van der Waals surface area contributed by atoms with Gasteiger partial charge in [-0.25, -0.2) is 4.98 Å². The molecule has 1 amide bonds. The molecule has 1 N–H and O–H groups in total. The Balaban J connectivity index is 1.74. The van der Waals surface area contributed by atoms with Gasteiger partial charge >= 0.3 is 0 Å². The molecule has 0 bridgehead atoms. The fraction of sp³-hybridized carbons (Fsp3) is 0.222. The molecule has 118 valence electrons. The van der Waals surface area contributed by atoms with E-state index in [1.54, 1.807) is 13.2 Å². The van der Waals surface area contributed by atoms with Gasteiger partial charge in [-0.15, -0.1) is 0 Å². The fourth-order valence-electron chi connectivity index (χ4n) is 2.57. The number of methoxy groups -OCH3 is 1. The number of nitrogens with zero attached hydrogens (tertiary/aromatic N) is 2. The first-order valence-electron chi connectivity index (χ1n) is 7.42. The Morgan fingerprint density at radius 3 is 2.87 bits per heavy atom. The predicted molar refractivity (Wildman–Crippen MR) is 90.8 cm³/mol. The van der Waals surface area contributed by atoms with Crippen LogP contribution in [-0.2, 0) is 18.3 Å². The molecule has 0 fully saturated rings. The van der Waals surface area contributed by atoms with Gasteiger partial charge in [0.15, 0.2) is 0 Å². The molecule has 0 saturated heterocycles. The maximum Gasteiger partial charge on any atom is 0.228 e. The number of fused-ring (bicyclic) bond motifs is 1. The van der Waals surface area contributed by atoms with Crippen LogP contribution < -0.4 is 10.1 Å². The van der Waals surface area contributed by atoms with Crippen LogP contribution in [0.5, 0.6) is 5.75 Å². The van der Waals surface area contributed by atoms with Gasteiger partial charge in [0, 0.05) is 18.8 Å². The van der Waals surface area contributed by atoms with Crippen molar-refractivity contribution < 1.29 is 9.53 Å². The number of rotatable bonds is 4. The average molecular weight is 309 g/mol. The molecule has 0 atom stereocenters. The number of nitrogens with one attached hydrogen (secondary N) is 1. The Hall–Kier alpha value is -2.82. The van der Waals surface area contributed by atoms with Gasteiger partial charge in [-0.1, -0.05) is 12.1 Å². The van der Waals surface area contributed by atoms with Crippen LogP contribution in [-0.4, -0.2) is 22.6 Å². The number of hydrogen-bond acceptors (Lipinski definition) is 3. The van der Waals surface area contributed by atoms with Crippen molar-refractivity contribution in [2.24, 2.45) is 7.05 Å². The van der Waals surface area contributed by atoms with E-state index >= 15 is 0 Å². The lowest BCUT2D eigenvalue weighted by Crippen LogP contribution is -2.14. The molecule has 0 aliphatic rings. The maximum atomic E-state index is 12.2. The molecular formula is C18H19N3O2. The Morgan fingerprint density at radius 2 is 2.09 bits per heavy atom. The summed E-state index contributed by atoms with van der Waals surface area (Å²) in [5.74, 6) is 1.61. The number of aromatic nitrogens is 2. The van der Waals surface area contributed by atoms with Crippen LogP contribution in [0, 0.1) is 6.92 Å². The third-order valence-electron chi connectivity index (χ3n) is 3.89. The van der Waals surface area contributed by atoms with Crippen LogP contribution >= 0.6 is 0 Å². The maximum absolute atomic E-state index is 12.2. The smallest absolute Gasteiger partial charge is 0.228 e. The number of ether oxygens (including phenoxy) is 1. The Kier molecular flexibility index (Phi) is 4.02. The largest absolute Gasteiger partial charge is 0.497 e. The lowest BCUT2D eigenvalue weighted by Gasteiger charge is -2.07. The quantitative estimate of drug-likeness (QED) is 0.806. The van der Waals surface area contributed by atoms with Crippen molar-refractivity contribution in [1.82, 2.24) is 9.55 Å². The second-order valence-corrected chi connectivity index (χ2v) is 5.50. The predicted octanol–water partition coefficient (Wildman–Crippen LogP) is 3.07. The minimum absolute atomic E-state index is 0.0646. The van der Waals surface area contributed by atoms with Gasteiger partial charge in [0.2, 0.25) is 5.91 Å².